The standard InChI is InChI=1S/C50H51ClFN11O6/c1-30(2)37-25-38(43(65)26-42(37)64)46-56-57-50(68)63(46)34-13-11-33(12-14-34)48(67)59-19-17-58(18-20-59)23-24-69-49-54-40-29-60(41-10-6-8-32-7-5-9-39(51)44(32)41)16-15-36(40)45(55-49)61-21-22-62(47(66)31(3)52)35(28-61)27-53-4/h5-14,25-26,30,35,64-65H,3,15-24,27-29H2,1-2H3,(H,57,68)/t35-/m0/s1. The van der Waals surface area contributed by atoms with Crippen LogP contribution in [0.5, 0.6) is 17.5 Å². The Labute approximate surface area is 402 Å². The van der Waals surface area contributed by atoms with Gasteiger partial charge in [-0.1, -0.05) is 56.3 Å². The van der Waals surface area contributed by atoms with E-state index in [1.165, 1.54) is 15.5 Å². The number of piperazine rings is 2. The van der Waals surface area contributed by atoms with Gasteiger partial charge in [-0.25, -0.2) is 25.4 Å². The highest BCUT2D eigenvalue weighted by atomic mass is 35.5. The summed E-state index contributed by atoms with van der Waals surface area (Å²) >= 11 is 6.76. The molecule has 0 radical (unpaired) electrons. The Morgan fingerprint density at radius 3 is 2.45 bits per heavy atom. The molecule has 356 valence electrons. The third kappa shape index (κ3) is 9.39. The minimum atomic E-state index is -1.06. The highest BCUT2D eigenvalue weighted by Crippen LogP contribution is 2.39. The monoisotopic (exact) mass is 955 g/mol. The van der Waals surface area contributed by atoms with Gasteiger partial charge in [0.05, 0.1) is 28.5 Å². The molecule has 3 aliphatic rings. The smallest absolute Gasteiger partial charge is 0.348 e. The Kier molecular flexibility index (Phi) is 13.3. The second-order valence-corrected chi connectivity index (χ2v) is 18.1. The molecule has 0 saturated carbocycles. The fourth-order valence-electron chi connectivity index (χ4n) is 9.52. The minimum absolute atomic E-state index is 0.00261. The zero-order valence-electron chi connectivity index (χ0n) is 38.2. The highest BCUT2D eigenvalue weighted by Gasteiger charge is 2.37. The van der Waals surface area contributed by atoms with Gasteiger partial charge in [-0.15, -0.1) is 0 Å². The van der Waals surface area contributed by atoms with E-state index in [2.05, 4.69) is 37.5 Å². The molecule has 0 aliphatic carbocycles. The number of halogens is 2. The van der Waals surface area contributed by atoms with E-state index < -0.39 is 23.5 Å². The number of H-pyrrole nitrogens is 1. The molecule has 2 fully saturated rings. The average molecular weight is 956 g/mol. The molecule has 17 nitrogen and oxygen atoms in total. The number of aromatic amines is 1. The van der Waals surface area contributed by atoms with Gasteiger partial charge in [0.2, 0.25) is 6.54 Å². The predicted molar refractivity (Wildman–Crippen MR) is 260 cm³/mol. The molecule has 69 heavy (non-hydrogen) atoms. The quantitative estimate of drug-likeness (QED) is 0.0939. The van der Waals surface area contributed by atoms with Crippen molar-refractivity contribution in [3.63, 3.8) is 0 Å². The average Bonchev–Trinajstić information content (AvgIpc) is 3.73. The van der Waals surface area contributed by atoms with Crippen LogP contribution >= 0.6 is 11.6 Å². The molecule has 0 unspecified atom stereocenters. The Balaban J connectivity index is 0.871. The fourth-order valence-corrected chi connectivity index (χ4v) is 9.80. The zero-order valence-corrected chi connectivity index (χ0v) is 39.0. The maximum absolute atomic E-state index is 14.1. The zero-order chi connectivity index (χ0) is 48.5. The topological polar surface area (TPSA) is 181 Å². The number of phenolic OH excluding ortho intramolecular Hbond substituents is 2. The number of amides is 2. The molecule has 2 saturated heterocycles. The van der Waals surface area contributed by atoms with Crippen molar-refractivity contribution in [2.45, 2.75) is 38.8 Å². The van der Waals surface area contributed by atoms with Crippen LogP contribution in [0.1, 0.15) is 46.9 Å². The number of rotatable bonds is 12. The molecule has 2 aromatic heterocycles. The van der Waals surface area contributed by atoms with Crippen LogP contribution in [0.25, 0.3) is 32.7 Å². The van der Waals surface area contributed by atoms with E-state index in [1.807, 2.05) is 49.1 Å². The molecule has 4 aromatic carbocycles. The van der Waals surface area contributed by atoms with Crippen LogP contribution in [-0.2, 0) is 17.8 Å². The second-order valence-electron chi connectivity index (χ2n) is 17.7. The van der Waals surface area contributed by atoms with Gasteiger partial charge >= 0.3 is 11.7 Å². The molecule has 3 aliphatic heterocycles. The predicted octanol–water partition coefficient (Wildman–Crippen LogP) is 6.18. The summed E-state index contributed by atoms with van der Waals surface area (Å²) in [5.41, 5.74) is 3.95. The van der Waals surface area contributed by atoms with Gasteiger partial charge < -0.3 is 39.4 Å². The first-order valence-electron chi connectivity index (χ1n) is 22.8. The molecule has 5 heterocycles. The van der Waals surface area contributed by atoms with Crippen LogP contribution in [0.3, 0.4) is 0 Å². The number of carbonyl (C=O) groups is 2. The Morgan fingerprint density at radius 1 is 0.971 bits per heavy atom. The van der Waals surface area contributed by atoms with Crippen LogP contribution in [0, 0.1) is 6.57 Å². The second kappa shape index (κ2) is 19.6. The van der Waals surface area contributed by atoms with E-state index in [4.69, 9.17) is 32.9 Å². The van der Waals surface area contributed by atoms with Crippen molar-refractivity contribution in [1.29, 1.82) is 0 Å². The molecule has 9 rings (SSSR count). The Hall–Kier alpha value is -7.49. The molecule has 0 spiro atoms. The van der Waals surface area contributed by atoms with Crippen molar-refractivity contribution >= 4 is 45.7 Å². The number of fused-ring (bicyclic) bond motifs is 2. The number of anilines is 2. The van der Waals surface area contributed by atoms with Crippen LogP contribution in [0.2, 0.25) is 5.02 Å². The van der Waals surface area contributed by atoms with Gasteiger partial charge in [-0.2, -0.15) is 15.1 Å². The van der Waals surface area contributed by atoms with Crippen molar-refractivity contribution in [2.75, 3.05) is 81.9 Å². The number of benzene rings is 4. The van der Waals surface area contributed by atoms with Crippen molar-refractivity contribution in [3.8, 4) is 34.6 Å². The largest absolute Gasteiger partial charge is 0.508 e. The number of aromatic hydroxyl groups is 2. The number of hydrogen-bond acceptors (Lipinski definition) is 12. The lowest BCUT2D eigenvalue weighted by molar-refractivity contribution is -0.131. The SMILES string of the molecule is [C-]#[N+]C[C@H]1CN(c2nc(OCCN3CCN(C(=O)c4ccc(-n5c(-c6cc(C(C)C)c(O)cc6O)n[nH]c5=O)cc4)CC3)nc3c2CCN(c2cccc4cccc(Cl)c24)C3)CCN1C(=O)C(=C)F. The lowest BCUT2D eigenvalue weighted by Gasteiger charge is -2.41. The molecule has 1 atom stereocenters. The lowest BCUT2D eigenvalue weighted by atomic mass is 9.98. The first kappa shape index (κ1) is 46.6. The Bertz CT molecular complexity index is 3050. The summed E-state index contributed by atoms with van der Waals surface area (Å²) in [6.07, 6.45) is 0.615. The fraction of sp³-hybridized carbons (Fsp3) is 0.340. The normalized spacial score (nSPS) is 16.4. The number of nitrogens with zero attached hydrogens (tertiary/aromatic N) is 10. The van der Waals surface area contributed by atoms with Gasteiger partial charge in [0.15, 0.2) is 11.7 Å². The summed E-state index contributed by atoms with van der Waals surface area (Å²) in [5.74, 6) is -1.53. The van der Waals surface area contributed by atoms with Gasteiger partial charge in [0, 0.05) is 87.2 Å². The van der Waals surface area contributed by atoms with Crippen LogP contribution in [0.4, 0.5) is 15.9 Å². The van der Waals surface area contributed by atoms with Crippen LogP contribution < -0.4 is 20.2 Å². The summed E-state index contributed by atoms with van der Waals surface area (Å²) in [7, 11) is 0. The maximum Gasteiger partial charge on any atom is 0.348 e. The summed E-state index contributed by atoms with van der Waals surface area (Å²) in [6.45, 7) is 19.5. The third-order valence-corrected chi connectivity index (χ3v) is 13.4. The van der Waals surface area contributed by atoms with Gasteiger partial charge in [-0.3, -0.25) is 14.5 Å². The van der Waals surface area contributed by atoms with E-state index in [9.17, 15) is 29.0 Å². The Morgan fingerprint density at radius 2 is 1.72 bits per heavy atom. The third-order valence-electron chi connectivity index (χ3n) is 13.1. The van der Waals surface area contributed by atoms with Crippen molar-refractivity contribution in [1.82, 2.24) is 39.4 Å². The highest BCUT2D eigenvalue weighted by molar-refractivity contribution is 6.36. The van der Waals surface area contributed by atoms with Crippen molar-refractivity contribution in [2.24, 2.45) is 0 Å². The summed E-state index contributed by atoms with van der Waals surface area (Å²) in [6, 6.07) is 21.1. The van der Waals surface area contributed by atoms with E-state index in [1.54, 1.807) is 35.2 Å². The van der Waals surface area contributed by atoms with Crippen molar-refractivity contribution < 1.29 is 28.9 Å². The molecule has 0 bridgehead atoms. The minimum Gasteiger partial charge on any atom is -0.508 e. The van der Waals surface area contributed by atoms with Crippen LogP contribution in [0.15, 0.2) is 90.0 Å². The van der Waals surface area contributed by atoms with Gasteiger partial charge in [-0.05, 0) is 65.8 Å². The number of aromatic nitrogens is 5. The molecular weight excluding hydrogens is 905 g/mol. The molecule has 19 heteroatoms. The van der Waals surface area contributed by atoms with E-state index in [-0.39, 0.29) is 67.0 Å². The molecule has 3 N–H and O–H groups in total. The summed E-state index contributed by atoms with van der Waals surface area (Å²) in [5, 5.41) is 30.3. The molecule has 6 aromatic rings. The van der Waals surface area contributed by atoms with Crippen molar-refractivity contribution in [3.05, 3.63) is 135 Å². The number of phenols is 2. The number of carbonyl (C=O) groups excluding carboxylic acids is 2. The summed E-state index contributed by atoms with van der Waals surface area (Å²) in [4.78, 5) is 62.5. The van der Waals surface area contributed by atoms with E-state index in [0.717, 1.165) is 27.7 Å². The number of hydrogen-bond donors (Lipinski definition) is 3. The first-order chi connectivity index (χ1) is 33.3. The van der Waals surface area contributed by atoms with Gasteiger partial charge in [0.1, 0.15) is 30.0 Å². The number of nitrogens with one attached hydrogen (secondary N) is 1. The van der Waals surface area contributed by atoms with Crippen LogP contribution in [-0.4, -0.2) is 140 Å². The maximum atomic E-state index is 14.1. The first-order valence-corrected chi connectivity index (χ1v) is 23.2. The van der Waals surface area contributed by atoms with E-state index >= 15 is 0 Å². The number of ether oxygens (including phenoxy) is 1. The molecular formula is C50H51ClFN11O6. The van der Waals surface area contributed by atoms with E-state index in [0.29, 0.717) is 86.4 Å². The lowest BCUT2D eigenvalue weighted by Crippen LogP contribution is -2.57. The molecule has 2 amide bonds. The van der Waals surface area contributed by atoms with Gasteiger partial charge in [0.25, 0.3) is 11.8 Å². The summed E-state index contributed by atoms with van der Waals surface area (Å²) < 4.78 is 21.7.